The van der Waals surface area contributed by atoms with Gasteiger partial charge in [-0.05, 0) is 23.8 Å². The van der Waals surface area contributed by atoms with Gasteiger partial charge in [-0.25, -0.2) is 4.98 Å². The Bertz CT molecular complexity index is 626. The van der Waals surface area contributed by atoms with E-state index < -0.39 is 0 Å². The van der Waals surface area contributed by atoms with E-state index in [0.29, 0.717) is 0 Å². The van der Waals surface area contributed by atoms with Crippen molar-refractivity contribution >= 4 is 23.2 Å². The van der Waals surface area contributed by atoms with E-state index in [-0.39, 0.29) is 6.04 Å². The molecule has 1 aromatic heterocycles. The Balaban J connectivity index is 1.85. The van der Waals surface area contributed by atoms with Gasteiger partial charge in [0.25, 0.3) is 0 Å². The van der Waals surface area contributed by atoms with Crippen molar-refractivity contribution < 1.29 is 0 Å². The van der Waals surface area contributed by atoms with Crippen LogP contribution in [0.15, 0.2) is 30.6 Å². The number of halogens is 2. The highest BCUT2D eigenvalue weighted by molar-refractivity contribution is 6.33. The highest BCUT2D eigenvalue weighted by Crippen LogP contribution is 2.27. The molecule has 1 unspecified atom stereocenters. The topological polar surface area (TPSA) is 33.1 Å². The molecule has 112 valence electrons. The van der Waals surface area contributed by atoms with Crippen LogP contribution in [0.4, 0.5) is 0 Å². The van der Waals surface area contributed by atoms with Crippen LogP contribution in [-0.4, -0.2) is 34.1 Å². The van der Waals surface area contributed by atoms with E-state index in [9.17, 15) is 0 Å². The summed E-state index contributed by atoms with van der Waals surface area (Å²) in [6, 6.07) is 5.87. The molecule has 0 spiro atoms. The monoisotopic (exact) mass is 324 g/mol. The van der Waals surface area contributed by atoms with E-state index >= 15 is 0 Å². The van der Waals surface area contributed by atoms with Gasteiger partial charge in [0.1, 0.15) is 5.82 Å². The third kappa shape index (κ3) is 3.24. The minimum atomic E-state index is 0.244. The maximum atomic E-state index is 6.30. The van der Waals surface area contributed by atoms with Crippen LogP contribution >= 0.6 is 23.2 Å². The number of hydrogen-bond donors (Lipinski definition) is 1. The van der Waals surface area contributed by atoms with Crippen molar-refractivity contribution in [2.45, 2.75) is 12.6 Å². The Morgan fingerprint density at radius 2 is 2.24 bits per heavy atom. The van der Waals surface area contributed by atoms with Crippen molar-refractivity contribution in [2.24, 2.45) is 7.05 Å². The van der Waals surface area contributed by atoms with E-state index in [0.717, 1.165) is 47.6 Å². The number of piperazine rings is 1. The molecule has 21 heavy (non-hydrogen) atoms. The van der Waals surface area contributed by atoms with Crippen LogP contribution in [0, 0.1) is 0 Å². The molecule has 0 radical (unpaired) electrons. The van der Waals surface area contributed by atoms with Gasteiger partial charge in [-0.15, -0.1) is 0 Å². The first-order chi connectivity index (χ1) is 10.1. The Morgan fingerprint density at radius 3 is 3.00 bits per heavy atom. The van der Waals surface area contributed by atoms with Gasteiger partial charge in [0, 0.05) is 55.7 Å². The van der Waals surface area contributed by atoms with Crippen LogP contribution in [0.25, 0.3) is 0 Å². The molecule has 0 amide bonds. The molecule has 1 aromatic carbocycles. The molecule has 2 aromatic rings. The summed E-state index contributed by atoms with van der Waals surface area (Å²) in [5.74, 6) is 1.07. The van der Waals surface area contributed by atoms with Crippen molar-refractivity contribution in [1.29, 1.82) is 0 Å². The zero-order valence-corrected chi connectivity index (χ0v) is 13.4. The van der Waals surface area contributed by atoms with Crippen molar-refractivity contribution in [1.82, 2.24) is 19.8 Å². The number of nitrogens with one attached hydrogen (secondary N) is 1. The quantitative estimate of drug-likeness (QED) is 0.942. The van der Waals surface area contributed by atoms with Gasteiger partial charge in [-0.1, -0.05) is 23.2 Å². The van der Waals surface area contributed by atoms with Gasteiger partial charge >= 0.3 is 0 Å². The van der Waals surface area contributed by atoms with Gasteiger partial charge in [0.2, 0.25) is 0 Å². The Kier molecular flexibility index (Phi) is 4.50. The fraction of sp³-hybridized carbons (Fsp3) is 0.400. The van der Waals surface area contributed by atoms with E-state index in [1.807, 2.05) is 37.6 Å². The maximum absolute atomic E-state index is 6.30. The van der Waals surface area contributed by atoms with E-state index in [1.165, 1.54) is 0 Å². The zero-order chi connectivity index (χ0) is 14.8. The molecule has 3 rings (SSSR count). The van der Waals surface area contributed by atoms with Gasteiger partial charge in [-0.2, -0.15) is 0 Å². The number of nitrogens with zero attached hydrogens (tertiary/aromatic N) is 3. The smallest absolute Gasteiger partial charge is 0.127 e. The minimum absolute atomic E-state index is 0.244. The zero-order valence-electron chi connectivity index (χ0n) is 11.9. The largest absolute Gasteiger partial charge is 0.337 e. The Hall–Kier alpha value is -1.07. The lowest BCUT2D eigenvalue weighted by molar-refractivity contribution is 0.145. The average Bonchev–Trinajstić information content (AvgIpc) is 2.90. The summed E-state index contributed by atoms with van der Waals surface area (Å²) >= 11 is 12.4. The fourth-order valence-corrected chi connectivity index (χ4v) is 3.14. The number of aryl methyl sites for hydroxylation is 1. The molecule has 1 fully saturated rings. The van der Waals surface area contributed by atoms with Crippen LogP contribution in [0.5, 0.6) is 0 Å². The summed E-state index contributed by atoms with van der Waals surface area (Å²) in [5, 5.41) is 4.92. The van der Waals surface area contributed by atoms with Gasteiger partial charge in [0.15, 0.2) is 0 Å². The molecular weight excluding hydrogens is 307 g/mol. The van der Waals surface area contributed by atoms with Crippen molar-refractivity contribution in [3.8, 4) is 0 Å². The molecule has 1 atom stereocenters. The van der Waals surface area contributed by atoms with Crippen LogP contribution in [0.1, 0.15) is 17.4 Å². The first kappa shape index (κ1) is 14.9. The molecule has 2 heterocycles. The lowest BCUT2D eigenvalue weighted by atomic mass is 10.1. The highest BCUT2D eigenvalue weighted by atomic mass is 35.5. The van der Waals surface area contributed by atoms with E-state index in [4.69, 9.17) is 23.2 Å². The number of benzene rings is 1. The van der Waals surface area contributed by atoms with E-state index in [1.54, 1.807) is 0 Å². The van der Waals surface area contributed by atoms with Crippen LogP contribution in [0.3, 0.4) is 0 Å². The SMILES string of the molecule is Cn1ccnc1C1CNCCN1Cc1cc(Cl)ccc1Cl. The van der Waals surface area contributed by atoms with Crippen LogP contribution in [0.2, 0.25) is 10.0 Å². The molecule has 1 N–H and O–H groups in total. The predicted molar refractivity (Wildman–Crippen MR) is 85.7 cm³/mol. The molecule has 4 nitrogen and oxygen atoms in total. The molecular formula is C15H18Cl2N4. The normalized spacial score (nSPS) is 19.9. The Labute approximate surface area is 134 Å². The summed E-state index contributed by atoms with van der Waals surface area (Å²) in [6.45, 7) is 3.60. The number of imidazole rings is 1. The summed E-state index contributed by atoms with van der Waals surface area (Å²) in [7, 11) is 2.03. The minimum Gasteiger partial charge on any atom is -0.337 e. The Morgan fingerprint density at radius 1 is 1.38 bits per heavy atom. The molecule has 0 bridgehead atoms. The first-order valence-corrected chi connectivity index (χ1v) is 7.76. The molecule has 1 aliphatic heterocycles. The molecule has 0 saturated carbocycles. The average molecular weight is 325 g/mol. The summed E-state index contributed by atoms with van der Waals surface area (Å²) in [6.07, 6.45) is 3.82. The first-order valence-electron chi connectivity index (χ1n) is 7.01. The van der Waals surface area contributed by atoms with Crippen molar-refractivity contribution in [2.75, 3.05) is 19.6 Å². The van der Waals surface area contributed by atoms with Gasteiger partial charge < -0.3 is 9.88 Å². The number of aromatic nitrogens is 2. The van der Waals surface area contributed by atoms with Crippen LogP contribution in [-0.2, 0) is 13.6 Å². The van der Waals surface area contributed by atoms with Crippen molar-refractivity contribution in [3.05, 3.63) is 52.0 Å². The van der Waals surface area contributed by atoms with Gasteiger partial charge in [0.05, 0.1) is 6.04 Å². The van der Waals surface area contributed by atoms with E-state index in [2.05, 4.69) is 19.8 Å². The standard InChI is InChI=1S/C15H18Cl2N4/c1-20-6-5-19-15(20)14-9-18-4-7-21(14)10-11-8-12(16)2-3-13(11)17/h2-3,5-6,8,14,18H,4,7,9-10H2,1H3. The second-order valence-electron chi connectivity index (χ2n) is 5.32. The molecule has 1 saturated heterocycles. The second kappa shape index (κ2) is 6.36. The maximum Gasteiger partial charge on any atom is 0.127 e. The third-order valence-electron chi connectivity index (χ3n) is 3.89. The van der Waals surface area contributed by atoms with Crippen LogP contribution < -0.4 is 5.32 Å². The second-order valence-corrected chi connectivity index (χ2v) is 6.17. The molecule has 6 heteroatoms. The third-order valence-corrected chi connectivity index (χ3v) is 4.50. The summed E-state index contributed by atoms with van der Waals surface area (Å²) < 4.78 is 2.07. The fourth-order valence-electron chi connectivity index (χ4n) is 2.77. The molecule has 0 aliphatic carbocycles. The van der Waals surface area contributed by atoms with Gasteiger partial charge in [-0.3, -0.25) is 4.90 Å². The van der Waals surface area contributed by atoms with Crippen molar-refractivity contribution in [3.63, 3.8) is 0 Å². The number of rotatable bonds is 3. The lowest BCUT2D eigenvalue weighted by Crippen LogP contribution is -2.46. The predicted octanol–water partition coefficient (Wildman–Crippen LogP) is 2.87. The number of hydrogen-bond acceptors (Lipinski definition) is 3. The summed E-state index contributed by atoms with van der Waals surface area (Å²) in [5.41, 5.74) is 1.06. The molecule has 1 aliphatic rings. The highest BCUT2D eigenvalue weighted by Gasteiger charge is 2.27. The lowest BCUT2D eigenvalue weighted by Gasteiger charge is -2.35. The summed E-state index contributed by atoms with van der Waals surface area (Å²) in [4.78, 5) is 6.89.